The molecule has 2 rings (SSSR count). The van der Waals surface area contributed by atoms with Gasteiger partial charge in [0.2, 0.25) is 0 Å². The maximum Gasteiger partial charge on any atom is 0.170 e. The first-order valence-electron chi connectivity index (χ1n) is 7.91. The lowest BCUT2D eigenvalue weighted by Gasteiger charge is -2.12. The molecule has 0 bridgehead atoms. The van der Waals surface area contributed by atoms with Crippen molar-refractivity contribution < 1.29 is 0 Å². The minimum Gasteiger partial charge on any atom is -0.362 e. The van der Waals surface area contributed by atoms with E-state index in [0.717, 1.165) is 23.7 Å². The van der Waals surface area contributed by atoms with E-state index in [1.807, 2.05) is 17.8 Å². The topological polar surface area (TPSA) is 24.1 Å². The Morgan fingerprint density at radius 3 is 2.39 bits per heavy atom. The van der Waals surface area contributed by atoms with Crippen molar-refractivity contribution in [2.45, 2.75) is 25.5 Å². The van der Waals surface area contributed by atoms with Crippen molar-refractivity contribution in [2.24, 2.45) is 0 Å². The van der Waals surface area contributed by atoms with E-state index in [2.05, 4.69) is 73.0 Å². The number of thioether (sulfide) groups is 1. The van der Waals surface area contributed by atoms with Crippen molar-refractivity contribution >= 4 is 34.8 Å². The second-order valence-corrected chi connectivity index (χ2v) is 7.21. The van der Waals surface area contributed by atoms with E-state index in [1.165, 1.54) is 11.1 Å². The van der Waals surface area contributed by atoms with E-state index in [0.29, 0.717) is 11.0 Å². The predicted molar refractivity (Wildman–Crippen MR) is 107 cm³/mol. The average molecular weight is 345 g/mol. The van der Waals surface area contributed by atoms with Gasteiger partial charge in [-0.25, -0.2) is 0 Å². The van der Waals surface area contributed by atoms with Crippen LogP contribution in [0, 0.1) is 0 Å². The molecule has 0 aromatic heterocycles. The molecule has 0 unspecified atom stereocenters. The maximum absolute atomic E-state index is 5.33. The Balaban J connectivity index is 1.63. The van der Waals surface area contributed by atoms with E-state index in [9.17, 15) is 0 Å². The molecular formula is C19H24N2S2. The third-order valence-corrected chi connectivity index (χ3v) is 4.76. The smallest absolute Gasteiger partial charge is 0.170 e. The van der Waals surface area contributed by atoms with Gasteiger partial charge in [0.25, 0.3) is 0 Å². The normalized spacial score (nSPS) is 10.6. The van der Waals surface area contributed by atoms with Crippen molar-refractivity contribution in [1.29, 1.82) is 0 Å². The molecule has 4 heteroatoms. The SMILES string of the molecule is CC(C)c1ccc(NC(=S)NCCSCc2ccccc2)cc1. The van der Waals surface area contributed by atoms with Gasteiger partial charge in [0.1, 0.15) is 0 Å². The Bertz CT molecular complexity index is 595. The summed E-state index contributed by atoms with van der Waals surface area (Å²) in [5, 5.41) is 7.16. The van der Waals surface area contributed by atoms with Gasteiger partial charge in [0.15, 0.2) is 5.11 Å². The highest BCUT2D eigenvalue weighted by Crippen LogP contribution is 2.17. The van der Waals surface area contributed by atoms with Crippen molar-refractivity contribution in [3.8, 4) is 0 Å². The number of nitrogens with one attached hydrogen (secondary N) is 2. The van der Waals surface area contributed by atoms with Gasteiger partial charge in [0, 0.05) is 23.7 Å². The monoisotopic (exact) mass is 344 g/mol. The molecule has 0 atom stereocenters. The van der Waals surface area contributed by atoms with Gasteiger partial charge in [0.05, 0.1) is 0 Å². The third-order valence-electron chi connectivity index (χ3n) is 3.48. The number of hydrogen-bond donors (Lipinski definition) is 2. The van der Waals surface area contributed by atoms with Crippen LogP contribution in [0.25, 0.3) is 0 Å². The quantitative estimate of drug-likeness (QED) is 0.543. The molecule has 0 aliphatic rings. The molecule has 0 saturated heterocycles. The summed E-state index contributed by atoms with van der Waals surface area (Å²) < 4.78 is 0. The van der Waals surface area contributed by atoms with E-state index in [-0.39, 0.29) is 0 Å². The van der Waals surface area contributed by atoms with E-state index >= 15 is 0 Å². The zero-order chi connectivity index (χ0) is 16.5. The Morgan fingerprint density at radius 1 is 1.04 bits per heavy atom. The first-order valence-corrected chi connectivity index (χ1v) is 9.48. The second-order valence-electron chi connectivity index (χ2n) is 5.70. The summed E-state index contributed by atoms with van der Waals surface area (Å²) in [5.41, 5.74) is 3.74. The van der Waals surface area contributed by atoms with Crippen LogP contribution in [0.2, 0.25) is 0 Å². The zero-order valence-electron chi connectivity index (χ0n) is 13.7. The van der Waals surface area contributed by atoms with Crippen molar-refractivity contribution in [3.63, 3.8) is 0 Å². The van der Waals surface area contributed by atoms with Gasteiger partial charge in [-0.05, 0) is 41.4 Å². The summed E-state index contributed by atoms with van der Waals surface area (Å²) >= 11 is 7.24. The molecule has 2 nitrogen and oxygen atoms in total. The molecule has 0 saturated carbocycles. The van der Waals surface area contributed by atoms with Gasteiger partial charge in [-0.3, -0.25) is 0 Å². The second kappa shape index (κ2) is 9.58. The number of thiocarbonyl (C=S) groups is 1. The van der Waals surface area contributed by atoms with E-state index < -0.39 is 0 Å². The largest absolute Gasteiger partial charge is 0.362 e. The van der Waals surface area contributed by atoms with Crippen LogP contribution >= 0.6 is 24.0 Å². The molecule has 0 aliphatic carbocycles. The zero-order valence-corrected chi connectivity index (χ0v) is 15.3. The minimum absolute atomic E-state index is 0.552. The number of anilines is 1. The average Bonchev–Trinajstić information content (AvgIpc) is 2.56. The highest BCUT2D eigenvalue weighted by Gasteiger charge is 2.00. The van der Waals surface area contributed by atoms with Crippen molar-refractivity contribution in [3.05, 3.63) is 65.7 Å². The van der Waals surface area contributed by atoms with Crippen LogP contribution < -0.4 is 10.6 Å². The van der Waals surface area contributed by atoms with Crippen LogP contribution in [0.1, 0.15) is 30.9 Å². The molecule has 122 valence electrons. The summed E-state index contributed by atoms with van der Waals surface area (Å²) in [4.78, 5) is 0. The molecule has 0 fully saturated rings. The van der Waals surface area contributed by atoms with Crippen LogP contribution in [0.3, 0.4) is 0 Å². The molecule has 23 heavy (non-hydrogen) atoms. The number of benzene rings is 2. The summed E-state index contributed by atoms with van der Waals surface area (Å²) in [6.45, 7) is 5.26. The highest BCUT2D eigenvalue weighted by molar-refractivity contribution is 7.98. The molecule has 2 N–H and O–H groups in total. The summed E-state index contributed by atoms with van der Waals surface area (Å²) in [6.07, 6.45) is 0. The lowest BCUT2D eigenvalue weighted by Crippen LogP contribution is -2.30. The molecule has 0 spiro atoms. The number of rotatable bonds is 7. The molecule has 0 aliphatic heterocycles. The van der Waals surface area contributed by atoms with E-state index in [4.69, 9.17) is 12.2 Å². The number of hydrogen-bond acceptors (Lipinski definition) is 2. The molecule has 0 radical (unpaired) electrons. The van der Waals surface area contributed by atoms with Crippen molar-refractivity contribution in [1.82, 2.24) is 5.32 Å². The van der Waals surface area contributed by atoms with Gasteiger partial charge in [-0.2, -0.15) is 11.8 Å². The standard InChI is InChI=1S/C19H24N2S2/c1-15(2)17-8-10-18(11-9-17)21-19(22)20-12-13-23-14-16-6-4-3-5-7-16/h3-11,15H,12-14H2,1-2H3,(H2,20,21,22). The van der Waals surface area contributed by atoms with Gasteiger partial charge in [-0.1, -0.05) is 56.3 Å². The molecule has 0 amide bonds. The molecule has 2 aromatic carbocycles. The lowest BCUT2D eigenvalue weighted by molar-refractivity contribution is 0.867. The van der Waals surface area contributed by atoms with Gasteiger partial charge < -0.3 is 10.6 Å². The summed E-state index contributed by atoms with van der Waals surface area (Å²) in [6, 6.07) is 19.0. The van der Waals surface area contributed by atoms with Crippen LogP contribution in [0.15, 0.2) is 54.6 Å². The van der Waals surface area contributed by atoms with Crippen molar-refractivity contribution in [2.75, 3.05) is 17.6 Å². The van der Waals surface area contributed by atoms with Gasteiger partial charge >= 0.3 is 0 Å². The maximum atomic E-state index is 5.33. The van der Waals surface area contributed by atoms with Gasteiger partial charge in [-0.15, -0.1) is 0 Å². The minimum atomic E-state index is 0.552. The molecule has 2 aromatic rings. The summed E-state index contributed by atoms with van der Waals surface area (Å²) in [5.74, 6) is 2.62. The van der Waals surface area contributed by atoms with Crippen LogP contribution in [-0.4, -0.2) is 17.4 Å². The molecular weight excluding hydrogens is 320 g/mol. The molecule has 0 heterocycles. The summed E-state index contributed by atoms with van der Waals surface area (Å²) in [7, 11) is 0. The highest BCUT2D eigenvalue weighted by atomic mass is 32.2. The lowest BCUT2D eigenvalue weighted by atomic mass is 10.0. The first kappa shape index (κ1) is 17.8. The van der Waals surface area contributed by atoms with E-state index in [1.54, 1.807) is 0 Å². The predicted octanol–water partition coefficient (Wildman–Crippen LogP) is 5.03. The fourth-order valence-corrected chi connectivity index (χ4v) is 3.17. The third kappa shape index (κ3) is 6.63. The fourth-order valence-electron chi connectivity index (χ4n) is 2.13. The fraction of sp³-hybridized carbons (Fsp3) is 0.316. The Hall–Kier alpha value is -1.52. The van der Waals surface area contributed by atoms with Crippen LogP contribution in [-0.2, 0) is 5.75 Å². The first-order chi connectivity index (χ1) is 11.1. The van der Waals surface area contributed by atoms with Crippen LogP contribution in [0.5, 0.6) is 0 Å². The Kier molecular flexibility index (Phi) is 7.43. The van der Waals surface area contributed by atoms with Crippen LogP contribution in [0.4, 0.5) is 5.69 Å². The Labute approximate surface area is 149 Å². The Morgan fingerprint density at radius 2 is 1.74 bits per heavy atom.